The van der Waals surface area contributed by atoms with Crippen LogP contribution < -0.4 is 5.32 Å². The first kappa shape index (κ1) is 15.5. The third kappa shape index (κ3) is 3.60. The van der Waals surface area contributed by atoms with Gasteiger partial charge < -0.3 is 15.2 Å². The van der Waals surface area contributed by atoms with Crippen LogP contribution in [-0.2, 0) is 10.3 Å². The first-order valence-corrected chi connectivity index (χ1v) is 6.80. The van der Waals surface area contributed by atoms with Crippen LogP contribution in [0.5, 0.6) is 0 Å². The first-order chi connectivity index (χ1) is 10.1. The molecule has 1 unspecified atom stereocenters. The highest BCUT2D eigenvalue weighted by molar-refractivity contribution is 5.50. The van der Waals surface area contributed by atoms with Gasteiger partial charge in [-0.15, -0.1) is 0 Å². The molecule has 0 aliphatic carbocycles. The van der Waals surface area contributed by atoms with E-state index in [2.05, 4.69) is 5.32 Å². The van der Waals surface area contributed by atoms with Gasteiger partial charge in [-0.3, -0.25) is 0 Å². The molecule has 0 heterocycles. The van der Waals surface area contributed by atoms with E-state index in [1.165, 1.54) is 12.1 Å². The van der Waals surface area contributed by atoms with Crippen molar-refractivity contribution in [3.8, 4) is 0 Å². The van der Waals surface area contributed by atoms with Gasteiger partial charge in [-0.1, -0.05) is 30.3 Å². The molecule has 2 N–H and O–H groups in total. The first-order valence-electron chi connectivity index (χ1n) is 6.80. The number of aliphatic hydroxyl groups is 1. The molecule has 0 saturated heterocycles. The van der Waals surface area contributed by atoms with Crippen LogP contribution in [-0.4, -0.2) is 25.4 Å². The predicted octanol–water partition coefficient (Wildman–Crippen LogP) is 3.08. The Morgan fingerprint density at radius 2 is 1.90 bits per heavy atom. The van der Waals surface area contributed by atoms with E-state index in [4.69, 9.17) is 4.74 Å². The largest absolute Gasteiger partial charge is 0.393 e. The monoisotopic (exact) mass is 289 g/mol. The van der Waals surface area contributed by atoms with E-state index < -0.39 is 5.54 Å². The molecule has 0 bridgehead atoms. The number of nitrogens with one attached hydrogen (secondary N) is 1. The minimum absolute atomic E-state index is 0.166. The van der Waals surface area contributed by atoms with E-state index in [0.29, 0.717) is 5.69 Å². The zero-order chi connectivity index (χ0) is 15.3. The minimum Gasteiger partial charge on any atom is -0.393 e. The zero-order valence-corrected chi connectivity index (χ0v) is 12.3. The Kier molecular flexibility index (Phi) is 4.94. The molecule has 21 heavy (non-hydrogen) atoms. The average Bonchev–Trinajstić information content (AvgIpc) is 2.46. The fourth-order valence-electron chi connectivity index (χ4n) is 2.46. The van der Waals surface area contributed by atoms with Crippen molar-refractivity contribution in [1.29, 1.82) is 0 Å². The lowest BCUT2D eigenvalue weighted by Crippen LogP contribution is -2.43. The van der Waals surface area contributed by atoms with Gasteiger partial charge >= 0.3 is 0 Å². The van der Waals surface area contributed by atoms with Gasteiger partial charge in [-0.25, -0.2) is 4.39 Å². The average molecular weight is 289 g/mol. The second-order valence-corrected chi connectivity index (χ2v) is 5.18. The highest BCUT2D eigenvalue weighted by Gasteiger charge is 2.31. The summed E-state index contributed by atoms with van der Waals surface area (Å²) in [4.78, 5) is 0. The Morgan fingerprint density at radius 3 is 2.48 bits per heavy atom. The molecule has 1 atom stereocenters. The number of anilines is 1. The molecule has 0 saturated carbocycles. The van der Waals surface area contributed by atoms with E-state index >= 15 is 0 Å². The van der Waals surface area contributed by atoms with Gasteiger partial charge in [0.25, 0.3) is 0 Å². The van der Waals surface area contributed by atoms with Gasteiger partial charge in [0.15, 0.2) is 0 Å². The van der Waals surface area contributed by atoms with Crippen molar-refractivity contribution in [2.24, 2.45) is 0 Å². The lowest BCUT2D eigenvalue weighted by molar-refractivity contribution is 0.0977. The van der Waals surface area contributed by atoms with E-state index in [-0.39, 0.29) is 19.0 Å². The molecule has 0 fully saturated rings. The van der Waals surface area contributed by atoms with Gasteiger partial charge in [-0.2, -0.15) is 0 Å². The summed E-state index contributed by atoms with van der Waals surface area (Å²) in [7, 11) is 1.58. The quantitative estimate of drug-likeness (QED) is 0.858. The second kappa shape index (κ2) is 6.70. The number of aryl methyl sites for hydroxylation is 1. The Labute approximate surface area is 124 Å². The van der Waals surface area contributed by atoms with Crippen LogP contribution in [0.15, 0.2) is 48.5 Å². The summed E-state index contributed by atoms with van der Waals surface area (Å²) in [6, 6.07) is 14.2. The summed E-state index contributed by atoms with van der Waals surface area (Å²) in [5, 5.41) is 13.2. The predicted molar refractivity (Wildman–Crippen MR) is 81.8 cm³/mol. The van der Waals surface area contributed by atoms with Crippen molar-refractivity contribution < 1.29 is 14.2 Å². The molecule has 3 nitrogen and oxygen atoms in total. The number of methoxy groups -OCH3 is 1. The number of ether oxygens (including phenoxy) is 1. The molecular weight excluding hydrogens is 269 g/mol. The number of halogens is 1. The summed E-state index contributed by atoms with van der Waals surface area (Å²) in [6.45, 7) is 1.93. The molecule has 4 heteroatoms. The number of hydrogen-bond donors (Lipinski definition) is 2. The number of rotatable bonds is 6. The maximum atomic E-state index is 13.6. The van der Waals surface area contributed by atoms with Crippen LogP contribution >= 0.6 is 0 Å². The Morgan fingerprint density at radius 1 is 1.19 bits per heavy atom. The van der Waals surface area contributed by atoms with Gasteiger partial charge in [0.05, 0.1) is 13.2 Å². The fraction of sp³-hybridized carbons (Fsp3) is 0.294. The molecule has 0 radical (unpaired) electrons. The number of hydrogen-bond acceptors (Lipinski definition) is 3. The number of aliphatic hydroxyl groups excluding tert-OH is 1. The van der Waals surface area contributed by atoms with Crippen LogP contribution in [0.3, 0.4) is 0 Å². The van der Waals surface area contributed by atoms with Crippen molar-refractivity contribution in [3.05, 3.63) is 65.5 Å². The van der Waals surface area contributed by atoms with E-state index in [1.54, 1.807) is 7.11 Å². The molecule has 0 aromatic heterocycles. The SMILES string of the molecule is COCC(CO)(Nc1cc(C)cc(F)c1)c1ccccc1. The summed E-state index contributed by atoms with van der Waals surface area (Å²) in [5.74, 6) is -0.310. The van der Waals surface area contributed by atoms with Gasteiger partial charge in [0.2, 0.25) is 0 Å². The molecule has 112 valence electrons. The molecular formula is C17H20FNO2. The van der Waals surface area contributed by atoms with E-state index in [9.17, 15) is 9.50 Å². The molecule has 0 aliphatic rings. The van der Waals surface area contributed by atoms with Crippen molar-refractivity contribution in [2.75, 3.05) is 25.6 Å². The van der Waals surface area contributed by atoms with Crippen molar-refractivity contribution in [1.82, 2.24) is 0 Å². The smallest absolute Gasteiger partial charge is 0.125 e. The Balaban J connectivity index is 2.40. The fourth-order valence-corrected chi connectivity index (χ4v) is 2.46. The standard InChI is InChI=1S/C17H20FNO2/c1-13-8-15(18)10-16(9-13)19-17(11-20,12-21-2)14-6-4-3-5-7-14/h3-10,19-20H,11-12H2,1-2H3. The third-order valence-corrected chi connectivity index (χ3v) is 3.41. The van der Waals surface area contributed by atoms with E-state index in [0.717, 1.165) is 11.1 Å². The van der Waals surface area contributed by atoms with Gasteiger partial charge in [0.1, 0.15) is 11.4 Å². The van der Waals surface area contributed by atoms with Crippen LogP contribution in [0.1, 0.15) is 11.1 Å². The highest BCUT2D eigenvalue weighted by atomic mass is 19.1. The van der Waals surface area contributed by atoms with Crippen LogP contribution in [0, 0.1) is 12.7 Å². The second-order valence-electron chi connectivity index (χ2n) is 5.18. The maximum Gasteiger partial charge on any atom is 0.125 e. The van der Waals surface area contributed by atoms with Crippen molar-refractivity contribution in [2.45, 2.75) is 12.5 Å². The van der Waals surface area contributed by atoms with Crippen LogP contribution in [0.4, 0.5) is 10.1 Å². The van der Waals surface area contributed by atoms with Gasteiger partial charge in [-0.05, 0) is 36.2 Å². The van der Waals surface area contributed by atoms with Gasteiger partial charge in [0, 0.05) is 12.8 Å². The molecule has 2 rings (SSSR count). The summed E-state index contributed by atoms with van der Waals surface area (Å²) in [6.07, 6.45) is 0. The Bertz CT molecular complexity index is 568. The lowest BCUT2D eigenvalue weighted by atomic mass is 9.91. The maximum absolute atomic E-state index is 13.6. The highest BCUT2D eigenvalue weighted by Crippen LogP contribution is 2.27. The lowest BCUT2D eigenvalue weighted by Gasteiger charge is -2.34. The third-order valence-electron chi connectivity index (χ3n) is 3.41. The topological polar surface area (TPSA) is 41.5 Å². The Hall–Kier alpha value is -1.91. The molecule has 0 aliphatic heterocycles. The minimum atomic E-state index is -0.809. The molecule has 2 aromatic rings. The molecule has 0 amide bonds. The van der Waals surface area contributed by atoms with Crippen molar-refractivity contribution >= 4 is 5.69 Å². The summed E-state index contributed by atoms with van der Waals surface area (Å²) in [5.41, 5.74) is 1.50. The van der Waals surface area contributed by atoms with Crippen LogP contribution in [0.25, 0.3) is 0 Å². The number of benzene rings is 2. The summed E-state index contributed by atoms with van der Waals surface area (Å²) >= 11 is 0. The molecule has 0 spiro atoms. The normalized spacial score (nSPS) is 13.7. The zero-order valence-electron chi connectivity index (χ0n) is 12.3. The van der Waals surface area contributed by atoms with Crippen LogP contribution in [0.2, 0.25) is 0 Å². The van der Waals surface area contributed by atoms with Crippen molar-refractivity contribution in [3.63, 3.8) is 0 Å². The summed E-state index contributed by atoms with van der Waals surface area (Å²) < 4.78 is 18.8. The van der Waals surface area contributed by atoms with E-state index in [1.807, 2.05) is 43.3 Å². The molecule has 2 aromatic carbocycles.